The zero-order valence-electron chi connectivity index (χ0n) is 20.9. The molecule has 0 spiro atoms. The Morgan fingerprint density at radius 1 is 1.14 bits per heavy atom. The number of amides is 3. The van der Waals surface area contributed by atoms with Crippen LogP contribution in [0.3, 0.4) is 0 Å². The summed E-state index contributed by atoms with van der Waals surface area (Å²) in [6.45, 7) is 6.33. The molecule has 8 nitrogen and oxygen atoms in total. The highest BCUT2D eigenvalue weighted by atomic mass is 32.1. The minimum absolute atomic E-state index is 0.0665. The highest BCUT2D eigenvalue weighted by molar-refractivity contribution is 7.80. The number of aryl methyl sites for hydroxylation is 1. The van der Waals surface area contributed by atoms with Crippen LogP contribution < -0.4 is 10.6 Å². The lowest BCUT2D eigenvalue weighted by Crippen LogP contribution is -2.54. The number of anilines is 1. The number of nitrogens with one attached hydrogen (secondary N) is 2. The first-order valence-electron chi connectivity index (χ1n) is 11.5. The number of ether oxygens (including phenoxy) is 1. The number of hydrogen-bond acceptors (Lipinski definition) is 6. The average Bonchev–Trinajstić information content (AvgIpc) is 2.82. The third-order valence-electron chi connectivity index (χ3n) is 5.17. The number of carbonyl (C=O) groups excluding carboxylic acids is 3. The number of aliphatic hydroxyl groups is 1. The van der Waals surface area contributed by atoms with Gasteiger partial charge in [0.25, 0.3) is 5.91 Å². The molecule has 0 bridgehead atoms. The normalized spacial score (nSPS) is 12.6. The third kappa shape index (κ3) is 7.77. The molecule has 192 valence electrons. The van der Waals surface area contributed by atoms with Crippen LogP contribution >= 0.6 is 12.6 Å². The number of benzene rings is 2. The van der Waals surface area contributed by atoms with E-state index in [0.29, 0.717) is 16.8 Å². The lowest BCUT2D eigenvalue weighted by atomic mass is 9.97. The predicted molar refractivity (Wildman–Crippen MR) is 143 cm³/mol. The fourth-order valence-corrected chi connectivity index (χ4v) is 3.79. The van der Waals surface area contributed by atoms with Gasteiger partial charge in [-0.05, 0) is 51.0 Å². The molecular weight excluding hydrogens is 478 g/mol. The van der Waals surface area contributed by atoms with Gasteiger partial charge in [-0.2, -0.15) is 12.6 Å². The highest BCUT2D eigenvalue weighted by Gasteiger charge is 2.36. The molecular formula is C27H33N3O5S. The average molecular weight is 512 g/mol. The number of aliphatic hydroxyl groups excluding tert-OH is 1. The molecule has 0 aliphatic carbocycles. The molecule has 2 aromatic carbocycles. The van der Waals surface area contributed by atoms with E-state index in [1.54, 1.807) is 57.2 Å². The van der Waals surface area contributed by atoms with Crippen LogP contribution in [-0.4, -0.2) is 58.5 Å². The Morgan fingerprint density at radius 2 is 1.78 bits per heavy atom. The number of nitrogens with zero attached hydrogens (tertiary/aromatic N) is 1. The van der Waals surface area contributed by atoms with Gasteiger partial charge >= 0.3 is 6.09 Å². The number of terminal acetylenes is 1. The zero-order valence-corrected chi connectivity index (χ0v) is 21.8. The molecule has 0 aromatic heterocycles. The summed E-state index contributed by atoms with van der Waals surface area (Å²) in [5.41, 5.74) is 1.44. The predicted octanol–water partition coefficient (Wildman–Crippen LogP) is 3.30. The number of alkyl carbamates (subject to hydrolysis) is 1. The monoisotopic (exact) mass is 511 g/mol. The van der Waals surface area contributed by atoms with Crippen molar-refractivity contribution >= 4 is 36.2 Å². The van der Waals surface area contributed by atoms with Gasteiger partial charge in [0.1, 0.15) is 17.7 Å². The second kappa shape index (κ2) is 13.0. The summed E-state index contributed by atoms with van der Waals surface area (Å²) >= 11 is 4.23. The van der Waals surface area contributed by atoms with Crippen LogP contribution in [0.25, 0.3) is 0 Å². The zero-order chi connectivity index (χ0) is 26.9. The highest BCUT2D eigenvalue weighted by Crippen LogP contribution is 2.27. The van der Waals surface area contributed by atoms with Gasteiger partial charge < -0.3 is 25.4 Å². The fourth-order valence-electron chi connectivity index (χ4n) is 3.54. The maximum atomic E-state index is 13.7. The number of thiol groups is 1. The van der Waals surface area contributed by atoms with Crippen molar-refractivity contribution in [2.75, 3.05) is 24.2 Å². The van der Waals surface area contributed by atoms with Gasteiger partial charge in [0.05, 0.1) is 6.61 Å². The van der Waals surface area contributed by atoms with Crippen LogP contribution in [0.15, 0.2) is 48.5 Å². The van der Waals surface area contributed by atoms with E-state index in [2.05, 4.69) is 29.2 Å². The summed E-state index contributed by atoms with van der Waals surface area (Å²) in [7, 11) is 0. The largest absolute Gasteiger partial charge is 0.444 e. The van der Waals surface area contributed by atoms with Gasteiger partial charge in [-0.1, -0.05) is 42.3 Å². The molecule has 2 unspecified atom stereocenters. The summed E-state index contributed by atoms with van der Waals surface area (Å²) in [6.07, 6.45) is 4.90. The lowest BCUT2D eigenvalue weighted by molar-refractivity contribution is -0.140. The topological polar surface area (TPSA) is 108 Å². The lowest BCUT2D eigenvalue weighted by Gasteiger charge is -2.34. The Morgan fingerprint density at radius 3 is 2.36 bits per heavy atom. The van der Waals surface area contributed by atoms with Crippen molar-refractivity contribution in [3.05, 3.63) is 65.2 Å². The first-order chi connectivity index (χ1) is 17.0. The molecule has 0 aliphatic heterocycles. The van der Waals surface area contributed by atoms with Gasteiger partial charge in [0.15, 0.2) is 0 Å². The van der Waals surface area contributed by atoms with Crippen LogP contribution in [0.4, 0.5) is 10.5 Å². The first kappa shape index (κ1) is 28.8. The molecule has 0 aliphatic rings. The smallest absolute Gasteiger partial charge is 0.408 e. The molecule has 0 fully saturated rings. The number of hydrogen-bond donors (Lipinski definition) is 4. The molecule has 0 saturated heterocycles. The molecule has 2 rings (SSSR count). The Bertz CT molecular complexity index is 1120. The number of para-hydroxylation sites is 1. The Labute approximate surface area is 217 Å². The fraction of sp³-hybridized carbons (Fsp3) is 0.370. The van der Waals surface area contributed by atoms with Crippen LogP contribution in [-0.2, 0) is 14.3 Å². The maximum Gasteiger partial charge on any atom is 0.408 e. The van der Waals surface area contributed by atoms with E-state index in [0.717, 1.165) is 5.56 Å². The maximum absolute atomic E-state index is 13.7. The van der Waals surface area contributed by atoms with Crippen molar-refractivity contribution in [3.8, 4) is 12.3 Å². The third-order valence-corrected chi connectivity index (χ3v) is 5.53. The van der Waals surface area contributed by atoms with Crippen molar-refractivity contribution in [2.24, 2.45) is 0 Å². The van der Waals surface area contributed by atoms with Crippen LogP contribution in [0.2, 0.25) is 0 Å². The molecule has 0 radical (unpaired) electrons. The first-order valence-corrected chi connectivity index (χ1v) is 12.1. The standard InChI is InChI=1S/C27H33N3O5S/c1-6-19-12-8-9-13-20(19)23(24(32)28-21-14-10-7-11-18(21)2)30(15-16-31)25(33)22(17-36)29-26(34)35-27(3,4)5/h1,7-14,22-23,31,36H,15-17H2,2-5H3,(H,28,32)(H,29,34). The van der Waals surface area contributed by atoms with E-state index in [9.17, 15) is 19.5 Å². The van der Waals surface area contributed by atoms with Crippen LogP contribution in [0, 0.1) is 19.3 Å². The number of carbonyl (C=O) groups is 3. The molecule has 2 atom stereocenters. The van der Waals surface area contributed by atoms with E-state index >= 15 is 0 Å². The molecule has 0 heterocycles. The molecule has 36 heavy (non-hydrogen) atoms. The minimum Gasteiger partial charge on any atom is -0.444 e. The van der Waals surface area contributed by atoms with Crippen molar-refractivity contribution in [1.82, 2.24) is 10.2 Å². The van der Waals surface area contributed by atoms with Crippen molar-refractivity contribution in [3.63, 3.8) is 0 Å². The van der Waals surface area contributed by atoms with E-state index in [1.165, 1.54) is 4.90 Å². The quantitative estimate of drug-likeness (QED) is 0.305. The Balaban J connectivity index is 2.51. The van der Waals surface area contributed by atoms with Gasteiger partial charge in [-0.3, -0.25) is 9.59 Å². The van der Waals surface area contributed by atoms with Gasteiger partial charge in [0, 0.05) is 23.5 Å². The van der Waals surface area contributed by atoms with Crippen LogP contribution in [0.1, 0.15) is 43.5 Å². The SMILES string of the molecule is C#Cc1ccccc1C(C(=O)Nc1ccccc1C)N(CCO)C(=O)C(CS)NC(=O)OC(C)(C)C. The van der Waals surface area contributed by atoms with Crippen LogP contribution in [0.5, 0.6) is 0 Å². The van der Waals surface area contributed by atoms with E-state index in [4.69, 9.17) is 11.2 Å². The summed E-state index contributed by atoms with van der Waals surface area (Å²) in [5.74, 6) is 1.34. The summed E-state index contributed by atoms with van der Waals surface area (Å²) in [4.78, 5) is 40.9. The second-order valence-electron chi connectivity index (χ2n) is 9.07. The van der Waals surface area contributed by atoms with Gasteiger partial charge in [-0.25, -0.2) is 4.79 Å². The van der Waals surface area contributed by atoms with E-state index in [-0.39, 0.29) is 12.3 Å². The molecule has 2 aromatic rings. The Hall–Kier alpha value is -3.48. The molecule has 9 heteroatoms. The van der Waals surface area contributed by atoms with E-state index < -0.39 is 42.2 Å². The molecule has 0 saturated carbocycles. The van der Waals surface area contributed by atoms with Crippen molar-refractivity contribution in [2.45, 2.75) is 45.4 Å². The summed E-state index contributed by atoms with van der Waals surface area (Å²) in [5, 5.41) is 15.2. The molecule has 3 amide bonds. The second-order valence-corrected chi connectivity index (χ2v) is 9.44. The minimum atomic E-state index is -1.20. The van der Waals surface area contributed by atoms with Gasteiger partial charge in [0.2, 0.25) is 5.91 Å². The summed E-state index contributed by atoms with van der Waals surface area (Å²) < 4.78 is 5.27. The van der Waals surface area contributed by atoms with Gasteiger partial charge in [-0.15, -0.1) is 6.42 Å². The van der Waals surface area contributed by atoms with Crippen molar-refractivity contribution in [1.29, 1.82) is 0 Å². The summed E-state index contributed by atoms with van der Waals surface area (Å²) in [6, 6.07) is 11.7. The Kier molecular flexibility index (Phi) is 10.4. The van der Waals surface area contributed by atoms with E-state index in [1.807, 2.05) is 19.1 Å². The molecule has 3 N–H and O–H groups in total. The number of rotatable bonds is 9. The van der Waals surface area contributed by atoms with Crippen molar-refractivity contribution < 1.29 is 24.2 Å².